The Bertz CT molecular complexity index is 294. The van der Waals surface area contributed by atoms with Gasteiger partial charge in [-0.15, -0.1) is 0 Å². The maximum atomic E-state index is 10.9. The summed E-state index contributed by atoms with van der Waals surface area (Å²) in [5.74, 6) is 2.48. The van der Waals surface area contributed by atoms with Crippen molar-refractivity contribution in [2.75, 3.05) is 0 Å². The third kappa shape index (κ3) is 2.30. The van der Waals surface area contributed by atoms with Crippen LogP contribution in [0.2, 0.25) is 0 Å². The number of carbonyl (C=O) groups excluding carboxylic acids is 1. The van der Waals surface area contributed by atoms with Crippen LogP contribution in [0.1, 0.15) is 66.2 Å². The van der Waals surface area contributed by atoms with Gasteiger partial charge in [0.05, 0.1) is 0 Å². The molecule has 4 unspecified atom stereocenters. The van der Waals surface area contributed by atoms with Crippen LogP contribution in [0.15, 0.2) is 0 Å². The van der Waals surface area contributed by atoms with Gasteiger partial charge in [-0.1, -0.05) is 40.5 Å². The number of fused-ring (bicyclic) bond motifs is 1. The van der Waals surface area contributed by atoms with Crippen LogP contribution in [0.5, 0.6) is 0 Å². The maximum Gasteiger partial charge on any atom is 0.120 e. The Morgan fingerprint density at radius 2 is 2.00 bits per heavy atom. The molecule has 98 valence electrons. The fraction of sp³-hybridized carbons (Fsp3) is 0.938. The highest BCUT2D eigenvalue weighted by Crippen LogP contribution is 2.57. The number of carbonyl (C=O) groups is 1. The molecule has 2 aliphatic carbocycles. The average molecular weight is 236 g/mol. The molecule has 1 heteroatoms. The van der Waals surface area contributed by atoms with Gasteiger partial charge >= 0.3 is 0 Å². The van der Waals surface area contributed by atoms with E-state index >= 15 is 0 Å². The highest BCUT2D eigenvalue weighted by atomic mass is 16.1. The maximum absolute atomic E-state index is 10.9. The van der Waals surface area contributed by atoms with Crippen LogP contribution in [-0.4, -0.2) is 6.29 Å². The van der Waals surface area contributed by atoms with Crippen LogP contribution in [0.4, 0.5) is 0 Å². The van der Waals surface area contributed by atoms with Crippen molar-refractivity contribution in [1.29, 1.82) is 0 Å². The molecule has 0 amide bonds. The second kappa shape index (κ2) is 4.40. The van der Waals surface area contributed by atoms with Gasteiger partial charge in [0.15, 0.2) is 0 Å². The Morgan fingerprint density at radius 3 is 2.65 bits per heavy atom. The fourth-order valence-electron chi connectivity index (χ4n) is 4.49. The minimum absolute atomic E-state index is 0.261. The normalized spacial score (nSPS) is 45.1. The van der Waals surface area contributed by atoms with Crippen LogP contribution in [-0.2, 0) is 4.79 Å². The third-order valence-electron chi connectivity index (χ3n) is 6.05. The summed E-state index contributed by atoms with van der Waals surface area (Å²) in [6.07, 6.45) is 8.73. The van der Waals surface area contributed by atoms with Gasteiger partial charge in [-0.05, 0) is 47.8 Å². The van der Waals surface area contributed by atoms with Gasteiger partial charge in [-0.3, -0.25) is 0 Å². The van der Waals surface area contributed by atoms with Gasteiger partial charge in [-0.2, -0.15) is 0 Å². The molecule has 0 saturated heterocycles. The van der Waals surface area contributed by atoms with Crippen LogP contribution < -0.4 is 0 Å². The molecule has 2 rings (SSSR count). The van der Waals surface area contributed by atoms with Crippen LogP contribution in [0, 0.1) is 28.6 Å². The Hall–Kier alpha value is -0.330. The summed E-state index contributed by atoms with van der Waals surface area (Å²) < 4.78 is 0. The van der Waals surface area contributed by atoms with Crippen molar-refractivity contribution in [3.63, 3.8) is 0 Å². The molecule has 0 N–H and O–H groups in total. The lowest BCUT2D eigenvalue weighted by molar-refractivity contribution is -0.113. The van der Waals surface area contributed by atoms with Crippen molar-refractivity contribution in [1.82, 2.24) is 0 Å². The van der Waals surface area contributed by atoms with Crippen molar-refractivity contribution in [2.24, 2.45) is 28.6 Å². The molecule has 0 aromatic heterocycles. The first-order valence-electron chi connectivity index (χ1n) is 7.33. The average Bonchev–Trinajstić information content (AvgIpc) is 2.22. The van der Waals surface area contributed by atoms with Crippen LogP contribution in [0.25, 0.3) is 0 Å². The van der Waals surface area contributed by atoms with E-state index in [2.05, 4.69) is 27.7 Å². The predicted molar refractivity (Wildman–Crippen MR) is 71.8 cm³/mol. The van der Waals surface area contributed by atoms with Crippen molar-refractivity contribution in [3.8, 4) is 0 Å². The summed E-state index contributed by atoms with van der Waals surface area (Å²) in [6.45, 7) is 9.59. The number of hydrogen-bond donors (Lipinski definition) is 0. The van der Waals surface area contributed by atoms with Gasteiger partial charge in [0.25, 0.3) is 0 Å². The lowest BCUT2D eigenvalue weighted by Gasteiger charge is -2.54. The Labute approximate surface area is 106 Å². The van der Waals surface area contributed by atoms with E-state index in [-0.39, 0.29) is 5.41 Å². The molecule has 2 saturated carbocycles. The molecule has 17 heavy (non-hydrogen) atoms. The summed E-state index contributed by atoms with van der Waals surface area (Å²) >= 11 is 0. The summed E-state index contributed by atoms with van der Waals surface area (Å²) in [4.78, 5) is 10.9. The standard InChI is InChI=1S/C16H28O/c1-12-10-13-6-5-7-15(2,3)14(13)11-16(12,4)8-9-17/h9,12-14H,5-8,10-11H2,1-4H3. The van der Waals surface area contributed by atoms with E-state index in [1.165, 1.54) is 32.1 Å². The van der Waals surface area contributed by atoms with Crippen molar-refractivity contribution in [3.05, 3.63) is 0 Å². The molecule has 4 atom stereocenters. The lowest BCUT2D eigenvalue weighted by atomic mass is 9.51. The van der Waals surface area contributed by atoms with E-state index < -0.39 is 0 Å². The second-order valence-corrected chi connectivity index (χ2v) is 7.61. The first-order chi connectivity index (χ1) is 7.89. The van der Waals surface area contributed by atoms with Gasteiger partial charge < -0.3 is 4.79 Å². The molecular formula is C16H28O. The van der Waals surface area contributed by atoms with Crippen LogP contribution >= 0.6 is 0 Å². The van der Waals surface area contributed by atoms with E-state index in [1.807, 2.05) is 0 Å². The first-order valence-corrected chi connectivity index (χ1v) is 7.33. The lowest BCUT2D eigenvalue weighted by Crippen LogP contribution is -2.46. The Balaban J connectivity index is 2.20. The van der Waals surface area contributed by atoms with E-state index in [0.29, 0.717) is 11.3 Å². The highest BCUT2D eigenvalue weighted by molar-refractivity contribution is 5.50. The summed E-state index contributed by atoms with van der Waals surface area (Å²) in [6, 6.07) is 0. The number of hydrogen-bond acceptors (Lipinski definition) is 1. The third-order valence-corrected chi connectivity index (χ3v) is 6.05. The SMILES string of the molecule is CC1CC2CCCC(C)(C)C2CC1(C)CC=O. The van der Waals surface area contributed by atoms with Gasteiger partial charge in [0, 0.05) is 6.42 Å². The molecule has 0 radical (unpaired) electrons. The molecule has 0 aliphatic heterocycles. The van der Waals surface area contributed by atoms with Gasteiger partial charge in [-0.25, -0.2) is 0 Å². The minimum Gasteiger partial charge on any atom is -0.303 e. The summed E-state index contributed by atoms with van der Waals surface area (Å²) in [5, 5.41) is 0. The van der Waals surface area contributed by atoms with Gasteiger partial charge in [0.2, 0.25) is 0 Å². The monoisotopic (exact) mass is 236 g/mol. The van der Waals surface area contributed by atoms with E-state index in [0.717, 1.165) is 24.5 Å². The minimum atomic E-state index is 0.261. The molecule has 1 nitrogen and oxygen atoms in total. The molecule has 0 heterocycles. The van der Waals surface area contributed by atoms with Crippen LogP contribution in [0.3, 0.4) is 0 Å². The second-order valence-electron chi connectivity index (χ2n) is 7.61. The summed E-state index contributed by atoms with van der Waals surface area (Å²) in [5.41, 5.74) is 0.755. The summed E-state index contributed by atoms with van der Waals surface area (Å²) in [7, 11) is 0. The molecule has 0 bridgehead atoms. The zero-order chi connectivity index (χ0) is 12.7. The molecular weight excluding hydrogens is 208 g/mol. The smallest absolute Gasteiger partial charge is 0.120 e. The van der Waals surface area contributed by atoms with Crippen molar-refractivity contribution < 1.29 is 4.79 Å². The van der Waals surface area contributed by atoms with Gasteiger partial charge in [0.1, 0.15) is 6.29 Å². The molecule has 2 aliphatic rings. The molecule has 0 spiro atoms. The first kappa shape index (κ1) is 13.1. The van der Waals surface area contributed by atoms with Crippen molar-refractivity contribution in [2.45, 2.75) is 66.2 Å². The predicted octanol–water partition coefficient (Wildman–Crippen LogP) is 4.45. The quantitative estimate of drug-likeness (QED) is 0.647. The van der Waals surface area contributed by atoms with E-state index in [1.54, 1.807) is 0 Å². The molecule has 0 aromatic carbocycles. The zero-order valence-electron chi connectivity index (χ0n) is 12.0. The molecule has 0 aromatic rings. The topological polar surface area (TPSA) is 17.1 Å². The Kier molecular flexibility index (Phi) is 3.40. The van der Waals surface area contributed by atoms with E-state index in [4.69, 9.17) is 0 Å². The van der Waals surface area contributed by atoms with E-state index in [9.17, 15) is 4.79 Å². The molecule has 2 fully saturated rings. The fourth-order valence-corrected chi connectivity index (χ4v) is 4.49. The number of aldehydes is 1. The largest absolute Gasteiger partial charge is 0.303 e. The number of rotatable bonds is 2. The zero-order valence-corrected chi connectivity index (χ0v) is 12.0. The Morgan fingerprint density at radius 1 is 1.29 bits per heavy atom. The highest BCUT2D eigenvalue weighted by Gasteiger charge is 2.48. The van der Waals surface area contributed by atoms with Crippen molar-refractivity contribution >= 4 is 6.29 Å².